The van der Waals surface area contributed by atoms with Crippen molar-refractivity contribution in [1.29, 1.82) is 0 Å². The van der Waals surface area contributed by atoms with E-state index in [0.717, 1.165) is 40.4 Å². The maximum Gasteiger partial charge on any atom is 0.320 e. The van der Waals surface area contributed by atoms with E-state index in [1.807, 2.05) is 23.6 Å². The van der Waals surface area contributed by atoms with E-state index in [2.05, 4.69) is 20.8 Å². The molecule has 0 aliphatic carbocycles. The van der Waals surface area contributed by atoms with Crippen LogP contribution in [0.25, 0.3) is 22.1 Å². The van der Waals surface area contributed by atoms with E-state index in [-0.39, 0.29) is 18.2 Å². The van der Waals surface area contributed by atoms with Gasteiger partial charge in [-0.3, -0.25) is 9.58 Å². The molecule has 0 spiro atoms. The van der Waals surface area contributed by atoms with Crippen molar-refractivity contribution in [2.45, 2.75) is 43.5 Å². The second-order valence-electron chi connectivity index (χ2n) is 10.5. The van der Waals surface area contributed by atoms with E-state index in [0.29, 0.717) is 50.7 Å². The summed E-state index contributed by atoms with van der Waals surface area (Å²) in [6, 6.07) is 0.254. The van der Waals surface area contributed by atoms with Gasteiger partial charge in [0.25, 0.3) is 0 Å². The molecule has 0 aromatic carbocycles. The Hall–Kier alpha value is -2.02. The second-order valence-corrected chi connectivity index (χ2v) is 11.3. The summed E-state index contributed by atoms with van der Waals surface area (Å²) in [5.41, 5.74) is 1.06. The number of rotatable bonds is 4. The molecule has 10 nitrogen and oxygen atoms in total. The van der Waals surface area contributed by atoms with Gasteiger partial charge in [-0.1, -0.05) is 0 Å². The van der Waals surface area contributed by atoms with Crippen LogP contribution in [0.5, 0.6) is 6.01 Å². The van der Waals surface area contributed by atoms with Crippen molar-refractivity contribution in [3.05, 3.63) is 4.60 Å². The molecule has 0 amide bonds. The first-order valence-electron chi connectivity index (χ1n) is 12.1. The SMILES string of the molecule is Cn1nc2c3c(N4CCOC[C@@](C)(O)C4)nc(OC[C@@]45CCCN4C[C@H](F)C5)nc3n(C)c2c1Br. The summed E-state index contributed by atoms with van der Waals surface area (Å²) >= 11 is 3.65. The lowest BCUT2D eigenvalue weighted by Gasteiger charge is -2.31. The molecule has 3 aromatic heterocycles. The minimum Gasteiger partial charge on any atom is -0.461 e. The predicted molar refractivity (Wildman–Crippen MR) is 133 cm³/mol. The van der Waals surface area contributed by atoms with E-state index in [1.54, 1.807) is 11.6 Å². The minimum atomic E-state index is -1.03. The molecule has 0 bridgehead atoms. The van der Waals surface area contributed by atoms with Crippen LogP contribution in [0.1, 0.15) is 26.2 Å². The maximum absolute atomic E-state index is 14.3. The molecule has 6 heterocycles. The average Bonchev–Trinajstić information content (AvgIpc) is 3.45. The zero-order chi connectivity index (χ0) is 24.5. The van der Waals surface area contributed by atoms with Crippen LogP contribution in [-0.2, 0) is 18.8 Å². The van der Waals surface area contributed by atoms with Crippen molar-refractivity contribution in [3.63, 3.8) is 0 Å². The Kier molecular flexibility index (Phi) is 5.51. The zero-order valence-electron chi connectivity index (χ0n) is 20.3. The molecule has 12 heteroatoms. The number of hydrogen-bond acceptors (Lipinski definition) is 8. The van der Waals surface area contributed by atoms with Crippen LogP contribution < -0.4 is 9.64 Å². The minimum absolute atomic E-state index is 0.253. The number of nitrogens with zero attached hydrogens (tertiary/aromatic N) is 7. The van der Waals surface area contributed by atoms with Crippen molar-refractivity contribution >= 4 is 43.8 Å². The van der Waals surface area contributed by atoms with E-state index < -0.39 is 11.8 Å². The van der Waals surface area contributed by atoms with Gasteiger partial charge in [0.05, 0.1) is 30.7 Å². The number of alkyl halides is 1. The molecule has 3 aliphatic rings. The third-order valence-electron chi connectivity index (χ3n) is 7.67. The normalized spacial score (nSPS) is 29.9. The van der Waals surface area contributed by atoms with Crippen molar-refractivity contribution in [3.8, 4) is 6.01 Å². The van der Waals surface area contributed by atoms with Gasteiger partial charge in [0.1, 0.15) is 39.8 Å². The number of β-amino-alcohol motifs (C(OH)–C–C–N with tert-alkyl or cyclic N) is 1. The molecule has 0 radical (unpaired) electrons. The van der Waals surface area contributed by atoms with E-state index in [1.165, 1.54) is 0 Å². The Bertz CT molecular complexity index is 1290. The number of aromatic nitrogens is 5. The zero-order valence-corrected chi connectivity index (χ0v) is 21.9. The fourth-order valence-corrected chi connectivity index (χ4v) is 6.59. The molecule has 0 unspecified atom stereocenters. The maximum atomic E-state index is 14.3. The Morgan fingerprint density at radius 3 is 2.94 bits per heavy atom. The van der Waals surface area contributed by atoms with Crippen LogP contribution in [0.4, 0.5) is 10.2 Å². The lowest BCUT2D eigenvalue weighted by atomic mass is 9.95. The molecule has 35 heavy (non-hydrogen) atoms. The first kappa shape index (κ1) is 23.4. The van der Waals surface area contributed by atoms with E-state index >= 15 is 0 Å². The Morgan fingerprint density at radius 2 is 2.11 bits per heavy atom. The molecule has 3 aliphatic heterocycles. The monoisotopic (exact) mass is 551 g/mol. The van der Waals surface area contributed by atoms with Gasteiger partial charge < -0.3 is 24.0 Å². The third-order valence-corrected chi connectivity index (χ3v) is 8.56. The summed E-state index contributed by atoms with van der Waals surface area (Å²) in [7, 11) is 3.83. The lowest BCUT2D eigenvalue weighted by Crippen LogP contribution is -2.44. The van der Waals surface area contributed by atoms with Gasteiger partial charge in [-0.25, -0.2) is 4.39 Å². The van der Waals surface area contributed by atoms with Crippen molar-refractivity contribution in [1.82, 2.24) is 29.2 Å². The second kappa shape index (κ2) is 8.25. The van der Waals surface area contributed by atoms with Crippen LogP contribution in [-0.4, -0.2) is 97.6 Å². The van der Waals surface area contributed by atoms with Gasteiger partial charge in [0, 0.05) is 33.6 Å². The van der Waals surface area contributed by atoms with Gasteiger partial charge >= 0.3 is 6.01 Å². The highest BCUT2D eigenvalue weighted by Gasteiger charge is 2.49. The average molecular weight is 552 g/mol. The van der Waals surface area contributed by atoms with Crippen LogP contribution >= 0.6 is 15.9 Å². The van der Waals surface area contributed by atoms with Gasteiger partial charge in [-0.05, 0) is 42.2 Å². The topological polar surface area (TPSA) is 93.7 Å². The Morgan fingerprint density at radius 1 is 1.29 bits per heavy atom. The number of ether oxygens (including phenoxy) is 2. The largest absolute Gasteiger partial charge is 0.461 e. The molecular weight excluding hydrogens is 521 g/mol. The first-order valence-corrected chi connectivity index (χ1v) is 12.9. The quantitative estimate of drug-likeness (QED) is 0.527. The fourth-order valence-electron chi connectivity index (χ4n) is 6.06. The van der Waals surface area contributed by atoms with Crippen molar-refractivity contribution < 1.29 is 19.0 Å². The number of fused-ring (bicyclic) bond motifs is 4. The van der Waals surface area contributed by atoms with E-state index in [9.17, 15) is 9.50 Å². The molecule has 1 N–H and O–H groups in total. The smallest absolute Gasteiger partial charge is 0.320 e. The van der Waals surface area contributed by atoms with Crippen LogP contribution in [0.3, 0.4) is 0 Å². The van der Waals surface area contributed by atoms with Gasteiger partial charge in [-0.15, -0.1) is 0 Å². The molecule has 3 saturated heterocycles. The van der Waals surface area contributed by atoms with Gasteiger partial charge in [0.15, 0.2) is 5.65 Å². The van der Waals surface area contributed by atoms with Crippen molar-refractivity contribution in [2.24, 2.45) is 14.1 Å². The molecule has 3 atom stereocenters. The van der Waals surface area contributed by atoms with Gasteiger partial charge in [-0.2, -0.15) is 15.1 Å². The highest BCUT2D eigenvalue weighted by atomic mass is 79.9. The van der Waals surface area contributed by atoms with E-state index in [4.69, 9.17) is 24.5 Å². The number of aryl methyl sites for hydroxylation is 2. The Labute approximate surface area is 211 Å². The summed E-state index contributed by atoms with van der Waals surface area (Å²) in [5.74, 6) is 0.655. The van der Waals surface area contributed by atoms with Crippen LogP contribution in [0.2, 0.25) is 0 Å². The van der Waals surface area contributed by atoms with Crippen LogP contribution in [0.15, 0.2) is 4.60 Å². The highest BCUT2D eigenvalue weighted by molar-refractivity contribution is 9.10. The van der Waals surface area contributed by atoms with Crippen molar-refractivity contribution in [2.75, 3.05) is 50.9 Å². The molecule has 190 valence electrons. The first-order chi connectivity index (χ1) is 16.7. The van der Waals surface area contributed by atoms with Crippen LogP contribution in [0, 0.1) is 0 Å². The summed E-state index contributed by atoms with van der Waals surface area (Å²) in [5, 5.41) is 16.4. The summed E-state index contributed by atoms with van der Waals surface area (Å²) in [6.45, 7) is 5.13. The molecular formula is C23H31BrFN7O3. The summed E-state index contributed by atoms with van der Waals surface area (Å²) in [6.07, 6.45) is 1.63. The Balaban J connectivity index is 1.45. The lowest BCUT2D eigenvalue weighted by molar-refractivity contribution is -0.0123. The third kappa shape index (κ3) is 3.80. The predicted octanol–water partition coefficient (Wildman–Crippen LogP) is 2.16. The fraction of sp³-hybridized carbons (Fsp3) is 0.696. The summed E-state index contributed by atoms with van der Waals surface area (Å²) < 4.78 is 30.8. The van der Waals surface area contributed by atoms with Gasteiger partial charge in [0.2, 0.25) is 0 Å². The molecule has 3 fully saturated rings. The molecule has 0 saturated carbocycles. The standard InChI is InChI=1S/C23H31BrFN7O3/c1-22(33)11-31(7-8-34-12-22)20-15-16-17(18(24)30(3)28-16)29(2)19(15)26-21(27-20)35-13-23-5-4-6-32(23)10-14(25)9-23/h14,33H,4-13H2,1-3H3/t14-,22+,23+/m1/s1. The molecule has 6 rings (SSSR count). The number of halogens is 2. The highest BCUT2D eigenvalue weighted by Crippen LogP contribution is 2.41. The number of aliphatic hydroxyl groups is 1. The summed E-state index contributed by atoms with van der Waals surface area (Å²) in [4.78, 5) is 13.9. The number of anilines is 1. The molecule has 3 aromatic rings. The number of hydrogen-bond donors (Lipinski definition) is 1.